The number of halogens is 1. The Kier molecular flexibility index (Phi) is 3.28. The summed E-state index contributed by atoms with van der Waals surface area (Å²) in [4.78, 5) is 13.1. The molecular weight excluding hydrogens is 250 g/mol. The highest BCUT2D eigenvalue weighted by Gasteiger charge is 2.35. The lowest BCUT2D eigenvalue weighted by Crippen LogP contribution is -2.52. The van der Waals surface area contributed by atoms with Gasteiger partial charge in [0.05, 0.1) is 10.6 Å². The van der Waals surface area contributed by atoms with Crippen molar-refractivity contribution < 1.29 is 9.90 Å². The van der Waals surface area contributed by atoms with Crippen LogP contribution in [0.1, 0.15) is 31.1 Å². The second kappa shape index (κ2) is 4.47. The summed E-state index contributed by atoms with van der Waals surface area (Å²) in [7, 11) is 0. The number of carbonyl (C=O) groups is 1. The number of carboxylic acid groups (broad SMARTS) is 1. The number of anilines is 1. The van der Waals surface area contributed by atoms with Gasteiger partial charge >= 0.3 is 5.97 Å². The fraction of sp³-hybridized carbons (Fsp3) is 0.500. The van der Waals surface area contributed by atoms with Gasteiger partial charge in [-0.3, -0.25) is 0 Å². The Hall–Kier alpha value is -1.22. The van der Waals surface area contributed by atoms with Gasteiger partial charge < -0.3 is 10.0 Å². The van der Waals surface area contributed by atoms with Crippen molar-refractivity contribution >= 4 is 23.3 Å². The summed E-state index contributed by atoms with van der Waals surface area (Å²) in [6, 6.07) is 5.14. The molecular formula is C14H18ClNO2. The van der Waals surface area contributed by atoms with Gasteiger partial charge in [-0.05, 0) is 29.5 Å². The summed E-state index contributed by atoms with van der Waals surface area (Å²) in [6.07, 6.45) is 0. The first kappa shape index (κ1) is 13.2. The van der Waals surface area contributed by atoms with Gasteiger partial charge in [0.25, 0.3) is 0 Å². The molecule has 0 aromatic heterocycles. The van der Waals surface area contributed by atoms with E-state index in [-0.39, 0.29) is 5.56 Å². The van der Waals surface area contributed by atoms with Crippen LogP contribution in [0.25, 0.3) is 0 Å². The zero-order valence-corrected chi connectivity index (χ0v) is 11.7. The van der Waals surface area contributed by atoms with Gasteiger partial charge in [0.2, 0.25) is 0 Å². The lowest BCUT2D eigenvalue weighted by atomic mass is 9.76. The van der Waals surface area contributed by atoms with E-state index in [9.17, 15) is 4.79 Å². The maximum absolute atomic E-state index is 10.9. The molecule has 1 aliphatic rings. The molecule has 1 heterocycles. The summed E-state index contributed by atoms with van der Waals surface area (Å²) in [5, 5.41) is 9.22. The quantitative estimate of drug-likeness (QED) is 0.891. The zero-order chi connectivity index (χ0) is 13.5. The summed E-state index contributed by atoms with van der Waals surface area (Å²) in [5.74, 6) is -0.307. The highest BCUT2D eigenvalue weighted by atomic mass is 35.5. The minimum Gasteiger partial charge on any atom is -0.478 e. The molecule has 1 aromatic carbocycles. The SMILES string of the molecule is CC(C)(C)C1CN(c2ccc(C(=O)O)c(Cl)c2)C1. The Balaban J connectivity index is 2.09. The topological polar surface area (TPSA) is 40.5 Å². The van der Waals surface area contributed by atoms with Gasteiger partial charge in [-0.1, -0.05) is 32.4 Å². The van der Waals surface area contributed by atoms with Crippen LogP contribution in [0.3, 0.4) is 0 Å². The first-order valence-electron chi connectivity index (χ1n) is 6.07. The Morgan fingerprint density at radius 1 is 1.39 bits per heavy atom. The molecule has 0 spiro atoms. The standard InChI is InChI=1S/C14H18ClNO2/c1-14(2,3)9-7-16(8-9)10-4-5-11(13(17)18)12(15)6-10/h4-6,9H,7-8H2,1-3H3,(H,17,18). The molecule has 18 heavy (non-hydrogen) atoms. The number of hydrogen-bond donors (Lipinski definition) is 1. The average molecular weight is 268 g/mol. The van der Waals surface area contributed by atoms with E-state index >= 15 is 0 Å². The third kappa shape index (κ3) is 2.46. The largest absolute Gasteiger partial charge is 0.478 e. The number of hydrogen-bond acceptors (Lipinski definition) is 2. The van der Waals surface area contributed by atoms with E-state index in [1.807, 2.05) is 6.07 Å². The monoisotopic (exact) mass is 267 g/mol. The van der Waals surface area contributed by atoms with Gasteiger partial charge in [0.15, 0.2) is 0 Å². The van der Waals surface area contributed by atoms with Gasteiger partial charge in [-0.2, -0.15) is 0 Å². The summed E-state index contributed by atoms with van der Waals surface area (Å²) in [5.41, 5.74) is 1.49. The molecule has 0 amide bonds. The van der Waals surface area contributed by atoms with Crippen LogP contribution in [0.15, 0.2) is 18.2 Å². The molecule has 0 radical (unpaired) electrons. The van der Waals surface area contributed by atoms with Crippen molar-refractivity contribution in [3.05, 3.63) is 28.8 Å². The molecule has 0 atom stereocenters. The highest BCUT2D eigenvalue weighted by Crippen LogP contribution is 2.37. The molecule has 3 nitrogen and oxygen atoms in total. The van der Waals surface area contributed by atoms with Crippen molar-refractivity contribution in [1.29, 1.82) is 0 Å². The third-order valence-electron chi connectivity index (χ3n) is 3.65. The van der Waals surface area contributed by atoms with E-state index in [0.29, 0.717) is 16.4 Å². The Bertz CT molecular complexity index is 473. The molecule has 98 valence electrons. The van der Waals surface area contributed by atoms with E-state index < -0.39 is 5.97 Å². The maximum atomic E-state index is 10.9. The molecule has 1 aliphatic heterocycles. The van der Waals surface area contributed by atoms with Gasteiger partial charge in [0, 0.05) is 18.8 Å². The summed E-state index contributed by atoms with van der Waals surface area (Å²) in [6.45, 7) is 8.75. The van der Waals surface area contributed by atoms with Gasteiger partial charge in [-0.15, -0.1) is 0 Å². The minimum absolute atomic E-state index is 0.160. The molecule has 0 saturated carbocycles. The predicted octanol–water partition coefficient (Wildman–Crippen LogP) is 3.52. The molecule has 1 fully saturated rings. The normalized spacial score (nSPS) is 16.6. The Morgan fingerprint density at radius 3 is 2.44 bits per heavy atom. The van der Waals surface area contributed by atoms with Gasteiger partial charge in [-0.25, -0.2) is 4.79 Å². The number of benzene rings is 1. The fourth-order valence-electron chi connectivity index (χ4n) is 2.11. The van der Waals surface area contributed by atoms with Gasteiger partial charge in [0.1, 0.15) is 0 Å². The third-order valence-corrected chi connectivity index (χ3v) is 3.97. The molecule has 2 rings (SSSR count). The minimum atomic E-state index is -0.984. The van der Waals surface area contributed by atoms with Crippen molar-refractivity contribution in [2.75, 3.05) is 18.0 Å². The molecule has 0 unspecified atom stereocenters. The number of nitrogens with zero attached hydrogens (tertiary/aromatic N) is 1. The van der Waals surface area contributed by atoms with Crippen LogP contribution in [0.4, 0.5) is 5.69 Å². The molecule has 1 saturated heterocycles. The number of aromatic carboxylic acids is 1. The van der Waals surface area contributed by atoms with Crippen molar-refractivity contribution in [2.45, 2.75) is 20.8 Å². The van der Waals surface area contributed by atoms with E-state index in [1.54, 1.807) is 12.1 Å². The molecule has 0 bridgehead atoms. The van der Waals surface area contributed by atoms with Crippen molar-refractivity contribution in [2.24, 2.45) is 11.3 Å². The molecule has 1 aromatic rings. The lowest BCUT2D eigenvalue weighted by Gasteiger charge is -2.47. The van der Waals surface area contributed by atoms with E-state index in [4.69, 9.17) is 16.7 Å². The number of rotatable bonds is 2. The zero-order valence-electron chi connectivity index (χ0n) is 10.9. The van der Waals surface area contributed by atoms with Crippen LogP contribution >= 0.6 is 11.6 Å². The van der Waals surface area contributed by atoms with Crippen LogP contribution in [0.2, 0.25) is 5.02 Å². The molecule has 1 N–H and O–H groups in total. The van der Waals surface area contributed by atoms with E-state index in [2.05, 4.69) is 25.7 Å². The highest BCUT2D eigenvalue weighted by molar-refractivity contribution is 6.33. The second-order valence-corrected chi connectivity index (χ2v) is 6.34. The molecule has 4 heteroatoms. The predicted molar refractivity (Wildman–Crippen MR) is 73.6 cm³/mol. The second-order valence-electron chi connectivity index (χ2n) is 5.94. The maximum Gasteiger partial charge on any atom is 0.337 e. The summed E-state index contributed by atoms with van der Waals surface area (Å²) >= 11 is 5.97. The van der Waals surface area contributed by atoms with Crippen LogP contribution in [-0.2, 0) is 0 Å². The van der Waals surface area contributed by atoms with Crippen molar-refractivity contribution in [1.82, 2.24) is 0 Å². The Morgan fingerprint density at radius 2 is 2.00 bits per heavy atom. The van der Waals surface area contributed by atoms with Crippen LogP contribution in [-0.4, -0.2) is 24.2 Å². The van der Waals surface area contributed by atoms with E-state index in [1.165, 1.54) is 0 Å². The first-order valence-corrected chi connectivity index (χ1v) is 6.44. The number of carboxylic acids is 1. The summed E-state index contributed by atoms with van der Waals surface area (Å²) < 4.78 is 0. The Labute approximate surface area is 112 Å². The lowest BCUT2D eigenvalue weighted by molar-refractivity contribution is 0.0697. The molecule has 0 aliphatic carbocycles. The van der Waals surface area contributed by atoms with Crippen LogP contribution < -0.4 is 4.90 Å². The first-order chi connectivity index (χ1) is 8.29. The smallest absolute Gasteiger partial charge is 0.337 e. The van der Waals surface area contributed by atoms with Crippen molar-refractivity contribution in [3.63, 3.8) is 0 Å². The fourth-order valence-corrected chi connectivity index (χ4v) is 2.37. The van der Waals surface area contributed by atoms with Crippen LogP contribution in [0.5, 0.6) is 0 Å². The van der Waals surface area contributed by atoms with E-state index in [0.717, 1.165) is 18.8 Å². The van der Waals surface area contributed by atoms with Crippen LogP contribution in [0, 0.1) is 11.3 Å². The van der Waals surface area contributed by atoms with Crippen molar-refractivity contribution in [3.8, 4) is 0 Å². The average Bonchev–Trinajstić information content (AvgIpc) is 2.11.